The first-order chi connectivity index (χ1) is 11.3. The molecule has 1 aliphatic rings. The molecule has 3 rings (SSSR count). The Morgan fingerprint density at radius 3 is 2.25 bits per heavy atom. The van der Waals surface area contributed by atoms with Crippen LogP contribution in [0.4, 0.5) is 5.69 Å². The summed E-state index contributed by atoms with van der Waals surface area (Å²) in [5.74, 6) is 0. The molecular weight excluding hydrogens is 344 g/mol. The Kier molecular flexibility index (Phi) is 4.91. The van der Waals surface area contributed by atoms with Crippen LogP contribution >= 0.6 is 11.3 Å². The molecule has 0 unspecified atom stereocenters. The number of nitrogens with two attached hydrogens (primary N) is 1. The fraction of sp³-hybridized carbons (Fsp3) is 0.438. The van der Waals surface area contributed by atoms with Crippen molar-refractivity contribution < 1.29 is 8.42 Å². The first-order valence-electron chi connectivity index (χ1n) is 7.86. The third kappa shape index (κ3) is 3.94. The van der Waals surface area contributed by atoms with Crippen LogP contribution in [0, 0.1) is 13.8 Å². The SMILES string of the molecule is Cc1nc(C)c(CN2CCN(c3ccc(S(N)(=O)=O)cc3)CC2)s1. The summed E-state index contributed by atoms with van der Waals surface area (Å²) in [7, 11) is -3.63. The number of aryl methyl sites for hydroxylation is 2. The Morgan fingerprint density at radius 2 is 1.75 bits per heavy atom. The van der Waals surface area contributed by atoms with Crippen molar-refractivity contribution >= 4 is 27.0 Å². The summed E-state index contributed by atoms with van der Waals surface area (Å²) in [6.07, 6.45) is 0. The van der Waals surface area contributed by atoms with Gasteiger partial charge in [0.1, 0.15) is 0 Å². The largest absolute Gasteiger partial charge is 0.369 e. The molecule has 6 nitrogen and oxygen atoms in total. The topological polar surface area (TPSA) is 79.5 Å². The number of benzene rings is 1. The number of primary sulfonamides is 1. The number of hydrogen-bond acceptors (Lipinski definition) is 6. The van der Waals surface area contributed by atoms with Crippen LogP contribution in [-0.4, -0.2) is 44.5 Å². The quantitative estimate of drug-likeness (QED) is 0.891. The van der Waals surface area contributed by atoms with Crippen LogP contribution in [0.15, 0.2) is 29.2 Å². The number of hydrogen-bond donors (Lipinski definition) is 1. The summed E-state index contributed by atoms with van der Waals surface area (Å²) in [5.41, 5.74) is 2.17. The number of sulfonamides is 1. The predicted molar refractivity (Wildman–Crippen MR) is 96.9 cm³/mol. The van der Waals surface area contributed by atoms with Crippen LogP contribution in [-0.2, 0) is 16.6 Å². The molecule has 24 heavy (non-hydrogen) atoms. The van der Waals surface area contributed by atoms with Crippen molar-refractivity contribution in [3.05, 3.63) is 39.8 Å². The van der Waals surface area contributed by atoms with Gasteiger partial charge in [-0.25, -0.2) is 18.5 Å². The maximum atomic E-state index is 11.3. The molecule has 0 atom stereocenters. The fourth-order valence-electron chi connectivity index (χ4n) is 2.93. The first-order valence-corrected chi connectivity index (χ1v) is 10.2. The van der Waals surface area contributed by atoms with Crippen molar-refractivity contribution in [2.24, 2.45) is 5.14 Å². The van der Waals surface area contributed by atoms with Crippen LogP contribution in [0.2, 0.25) is 0 Å². The number of aromatic nitrogens is 1. The molecule has 8 heteroatoms. The van der Waals surface area contributed by atoms with E-state index in [1.165, 1.54) is 4.88 Å². The summed E-state index contributed by atoms with van der Waals surface area (Å²) in [5, 5.41) is 6.26. The maximum Gasteiger partial charge on any atom is 0.238 e. The fourth-order valence-corrected chi connectivity index (χ4v) is 4.43. The molecule has 0 aliphatic carbocycles. The van der Waals surface area contributed by atoms with Crippen LogP contribution in [0.3, 0.4) is 0 Å². The van der Waals surface area contributed by atoms with Gasteiger partial charge in [-0.3, -0.25) is 4.90 Å². The molecule has 0 spiro atoms. The van der Waals surface area contributed by atoms with Crippen molar-refractivity contribution in [1.29, 1.82) is 0 Å². The number of piperazine rings is 1. The predicted octanol–water partition coefficient (Wildman–Crippen LogP) is 1.73. The van der Waals surface area contributed by atoms with E-state index in [-0.39, 0.29) is 4.90 Å². The Balaban J connectivity index is 1.60. The van der Waals surface area contributed by atoms with Gasteiger partial charge in [0.2, 0.25) is 10.0 Å². The van der Waals surface area contributed by atoms with E-state index in [2.05, 4.69) is 21.7 Å². The molecule has 1 saturated heterocycles. The zero-order chi connectivity index (χ0) is 17.3. The lowest BCUT2D eigenvalue weighted by Gasteiger charge is -2.36. The van der Waals surface area contributed by atoms with Crippen molar-refractivity contribution in [2.45, 2.75) is 25.3 Å². The highest BCUT2D eigenvalue weighted by molar-refractivity contribution is 7.89. The molecule has 1 aromatic carbocycles. The van der Waals surface area contributed by atoms with Gasteiger partial charge >= 0.3 is 0 Å². The highest BCUT2D eigenvalue weighted by Gasteiger charge is 2.19. The van der Waals surface area contributed by atoms with E-state index in [0.29, 0.717) is 0 Å². The van der Waals surface area contributed by atoms with Crippen LogP contribution in [0.5, 0.6) is 0 Å². The van der Waals surface area contributed by atoms with E-state index in [4.69, 9.17) is 5.14 Å². The van der Waals surface area contributed by atoms with Gasteiger partial charge in [-0.2, -0.15) is 0 Å². The number of thiazole rings is 1. The van der Waals surface area contributed by atoms with E-state index in [1.54, 1.807) is 23.5 Å². The molecule has 0 amide bonds. The lowest BCUT2D eigenvalue weighted by molar-refractivity contribution is 0.251. The average molecular weight is 367 g/mol. The van der Waals surface area contributed by atoms with Crippen molar-refractivity contribution in [3.8, 4) is 0 Å². The molecule has 0 radical (unpaired) electrons. The van der Waals surface area contributed by atoms with Crippen LogP contribution in [0.25, 0.3) is 0 Å². The number of rotatable bonds is 4. The second-order valence-corrected chi connectivity index (χ2v) is 8.89. The van der Waals surface area contributed by atoms with E-state index in [1.807, 2.05) is 19.1 Å². The lowest BCUT2D eigenvalue weighted by Crippen LogP contribution is -2.45. The van der Waals surface area contributed by atoms with Crippen molar-refractivity contribution in [2.75, 3.05) is 31.1 Å². The minimum atomic E-state index is -3.63. The normalized spacial score (nSPS) is 16.5. The van der Waals surface area contributed by atoms with E-state index < -0.39 is 10.0 Å². The van der Waals surface area contributed by atoms with Gasteiger partial charge in [0.25, 0.3) is 0 Å². The van der Waals surface area contributed by atoms with Crippen molar-refractivity contribution in [1.82, 2.24) is 9.88 Å². The number of nitrogens with zero attached hydrogens (tertiary/aromatic N) is 3. The molecular formula is C16H22N4O2S2. The second-order valence-electron chi connectivity index (χ2n) is 6.04. The Labute approximate surface area is 147 Å². The summed E-state index contributed by atoms with van der Waals surface area (Å²) in [6.45, 7) is 8.87. The van der Waals surface area contributed by atoms with Gasteiger partial charge in [-0.1, -0.05) is 0 Å². The van der Waals surface area contributed by atoms with Crippen LogP contribution in [0.1, 0.15) is 15.6 Å². The van der Waals surface area contributed by atoms with E-state index >= 15 is 0 Å². The molecule has 0 bridgehead atoms. The zero-order valence-electron chi connectivity index (χ0n) is 13.9. The molecule has 130 valence electrons. The lowest BCUT2D eigenvalue weighted by atomic mass is 10.2. The van der Waals surface area contributed by atoms with Crippen molar-refractivity contribution in [3.63, 3.8) is 0 Å². The number of anilines is 1. The highest BCUT2D eigenvalue weighted by Crippen LogP contribution is 2.22. The summed E-state index contributed by atoms with van der Waals surface area (Å²) in [4.78, 5) is 10.7. The summed E-state index contributed by atoms with van der Waals surface area (Å²) in [6, 6.07) is 6.79. The average Bonchev–Trinajstić information content (AvgIpc) is 2.85. The Morgan fingerprint density at radius 1 is 1.12 bits per heavy atom. The molecule has 1 aliphatic heterocycles. The van der Waals surface area contributed by atoms with Crippen LogP contribution < -0.4 is 10.0 Å². The van der Waals surface area contributed by atoms with Gasteiger partial charge in [-0.05, 0) is 38.1 Å². The minimum absolute atomic E-state index is 0.154. The zero-order valence-corrected chi connectivity index (χ0v) is 15.5. The standard InChI is InChI=1S/C16H22N4O2S2/c1-12-16(23-13(2)18-12)11-19-7-9-20(10-8-19)14-3-5-15(6-4-14)24(17,21)22/h3-6H,7-11H2,1-2H3,(H2,17,21,22). The summed E-state index contributed by atoms with van der Waals surface area (Å²) < 4.78 is 22.6. The minimum Gasteiger partial charge on any atom is -0.369 e. The maximum absolute atomic E-state index is 11.3. The Bertz CT molecular complexity index is 807. The second kappa shape index (κ2) is 6.79. The molecule has 1 aromatic heterocycles. The van der Waals surface area contributed by atoms with Gasteiger partial charge in [0.05, 0.1) is 15.6 Å². The molecule has 2 N–H and O–H groups in total. The monoisotopic (exact) mass is 366 g/mol. The van der Waals surface area contributed by atoms with Gasteiger partial charge in [0, 0.05) is 43.3 Å². The van der Waals surface area contributed by atoms with Gasteiger partial charge in [-0.15, -0.1) is 11.3 Å². The van der Waals surface area contributed by atoms with Gasteiger partial charge in [0.15, 0.2) is 0 Å². The van der Waals surface area contributed by atoms with E-state index in [0.717, 1.165) is 49.1 Å². The molecule has 2 aromatic rings. The molecule has 2 heterocycles. The van der Waals surface area contributed by atoms with E-state index in [9.17, 15) is 8.42 Å². The van der Waals surface area contributed by atoms with Gasteiger partial charge < -0.3 is 4.90 Å². The molecule has 0 saturated carbocycles. The third-order valence-corrected chi connectivity index (χ3v) is 6.26. The highest BCUT2D eigenvalue weighted by atomic mass is 32.2. The smallest absolute Gasteiger partial charge is 0.238 e. The Hall–Kier alpha value is -1.48. The third-order valence-electron chi connectivity index (χ3n) is 4.27. The summed E-state index contributed by atoms with van der Waals surface area (Å²) >= 11 is 1.77. The first kappa shape index (κ1) is 17.3. The molecule has 1 fully saturated rings.